The van der Waals surface area contributed by atoms with Gasteiger partial charge in [-0.1, -0.05) is 51.1 Å². The zero-order chi connectivity index (χ0) is 13.8. The number of amides is 1. The van der Waals surface area contributed by atoms with Crippen LogP contribution in [0, 0.1) is 5.41 Å². The predicted octanol–water partition coefficient (Wildman–Crippen LogP) is 2.32. The predicted molar refractivity (Wildman–Crippen MR) is 78.3 cm³/mol. The van der Waals surface area contributed by atoms with Crippen molar-refractivity contribution in [2.75, 3.05) is 5.75 Å². The Morgan fingerprint density at radius 3 is 2.28 bits per heavy atom. The molecule has 2 atom stereocenters. The van der Waals surface area contributed by atoms with E-state index in [1.54, 1.807) is 0 Å². The van der Waals surface area contributed by atoms with Gasteiger partial charge in [-0.25, -0.2) is 0 Å². The van der Waals surface area contributed by atoms with Gasteiger partial charge in [0, 0.05) is 11.3 Å². The fraction of sp³-hybridized carbons (Fsp3) is 0.500. The molecule has 0 aliphatic heterocycles. The smallest absolute Gasteiger partial charge is 0.227 e. The molecule has 0 aliphatic rings. The number of carbonyl (C=O) groups excluding carboxylic acids is 1. The highest BCUT2D eigenvalue weighted by Gasteiger charge is 2.30. The normalized spacial score (nSPS) is 15.1. The van der Waals surface area contributed by atoms with Crippen molar-refractivity contribution in [1.29, 1.82) is 0 Å². The highest BCUT2D eigenvalue weighted by molar-refractivity contribution is 8.00. The third-order valence-electron chi connectivity index (χ3n) is 2.86. The van der Waals surface area contributed by atoms with E-state index in [1.807, 2.05) is 30.3 Å². The Hall–Kier alpha value is -1.00. The molecule has 1 aromatic carbocycles. The van der Waals surface area contributed by atoms with Crippen LogP contribution in [-0.4, -0.2) is 17.7 Å². The van der Waals surface area contributed by atoms with E-state index in [0.29, 0.717) is 5.75 Å². The zero-order valence-electron chi connectivity index (χ0n) is 11.2. The molecule has 18 heavy (non-hydrogen) atoms. The Morgan fingerprint density at radius 1 is 1.28 bits per heavy atom. The molecule has 1 rings (SSSR count). The quantitative estimate of drug-likeness (QED) is 0.859. The molecule has 2 unspecified atom stereocenters. The topological polar surface area (TPSA) is 69.1 Å². The van der Waals surface area contributed by atoms with Crippen LogP contribution in [0.25, 0.3) is 0 Å². The van der Waals surface area contributed by atoms with Crippen molar-refractivity contribution < 1.29 is 4.79 Å². The Kier molecular flexibility index (Phi) is 5.23. The largest absolute Gasteiger partial charge is 0.369 e. The summed E-state index contributed by atoms with van der Waals surface area (Å²) in [4.78, 5) is 11.0. The van der Waals surface area contributed by atoms with Crippen molar-refractivity contribution in [2.45, 2.75) is 32.1 Å². The lowest BCUT2D eigenvalue weighted by molar-refractivity contribution is -0.115. The third kappa shape index (κ3) is 4.35. The van der Waals surface area contributed by atoms with Crippen LogP contribution >= 0.6 is 11.8 Å². The summed E-state index contributed by atoms with van der Waals surface area (Å²) >= 11 is 1.52. The molecule has 4 heteroatoms. The van der Waals surface area contributed by atoms with E-state index in [1.165, 1.54) is 11.8 Å². The van der Waals surface area contributed by atoms with E-state index in [4.69, 9.17) is 11.5 Å². The molecular weight excluding hydrogens is 244 g/mol. The van der Waals surface area contributed by atoms with Crippen molar-refractivity contribution >= 4 is 17.7 Å². The van der Waals surface area contributed by atoms with Crippen LogP contribution in [0.2, 0.25) is 0 Å². The van der Waals surface area contributed by atoms with Gasteiger partial charge in [0.05, 0.1) is 5.75 Å². The highest BCUT2D eigenvalue weighted by atomic mass is 32.2. The first-order valence-electron chi connectivity index (χ1n) is 6.03. The van der Waals surface area contributed by atoms with E-state index < -0.39 is 0 Å². The van der Waals surface area contributed by atoms with Crippen molar-refractivity contribution in [3.05, 3.63) is 35.9 Å². The average molecular weight is 266 g/mol. The fourth-order valence-electron chi connectivity index (χ4n) is 1.68. The maximum Gasteiger partial charge on any atom is 0.227 e. The molecule has 1 amide bonds. The Balaban J connectivity index is 2.92. The summed E-state index contributed by atoms with van der Waals surface area (Å²) in [5.41, 5.74) is 12.7. The first kappa shape index (κ1) is 15.1. The highest BCUT2D eigenvalue weighted by Crippen LogP contribution is 2.38. The second-order valence-electron chi connectivity index (χ2n) is 5.50. The Labute approximate surface area is 113 Å². The van der Waals surface area contributed by atoms with Crippen LogP contribution in [0.15, 0.2) is 30.3 Å². The summed E-state index contributed by atoms with van der Waals surface area (Å²) in [5.74, 6) is -0.00869. The molecule has 0 heterocycles. The van der Waals surface area contributed by atoms with Gasteiger partial charge in [0.25, 0.3) is 0 Å². The van der Waals surface area contributed by atoms with Gasteiger partial charge in [0.15, 0.2) is 0 Å². The maximum absolute atomic E-state index is 11.0. The summed E-state index contributed by atoms with van der Waals surface area (Å²) in [6.45, 7) is 6.33. The van der Waals surface area contributed by atoms with Gasteiger partial charge in [0.2, 0.25) is 5.91 Å². The Morgan fingerprint density at radius 2 is 1.83 bits per heavy atom. The van der Waals surface area contributed by atoms with E-state index in [0.717, 1.165) is 5.56 Å². The van der Waals surface area contributed by atoms with Crippen LogP contribution in [0.1, 0.15) is 31.6 Å². The van der Waals surface area contributed by atoms with Crippen LogP contribution in [-0.2, 0) is 4.79 Å². The lowest BCUT2D eigenvalue weighted by atomic mass is 9.83. The minimum atomic E-state index is -0.304. The summed E-state index contributed by atoms with van der Waals surface area (Å²) in [6, 6.07) is 10.0. The van der Waals surface area contributed by atoms with Gasteiger partial charge in [-0.05, 0) is 11.0 Å². The minimum absolute atomic E-state index is 0.0227. The molecule has 0 fully saturated rings. The number of primary amides is 1. The molecule has 0 radical (unpaired) electrons. The van der Waals surface area contributed by atoms with Crippen molar-refractivity contribution in [1.82, 2.24) is 0 Å². The third-order valence-corrected chi connectivity index (χ3v) is 4.24. The van der Waals surface area contributed by atoms with Crippen molar-refractivity contribution in [2.24, 2.45) is 16.9 Å². The van der Waals surface area contributed by atoms with Gasteiger partial charge in [0.1, 0.15) is 0 Å². The van der Waals surface area contributed by atoms with Crippen LogP contribution in [0.4, 0.5) is 0 Å². The molecular formula is C14H22N2OS. The molecule has 100 valence electrons. The van der Waals surface area contributed by atoms with Crippen molar-refractivity contribution in [3.8, 4) is 0 Å². The maximum atomic E-state index is 11.0. The van der Waals surface area contributed by atoms with Crippen LogP contribution in [0.5, 0.6) is 0 Å². The SMILES string of the molecule is CC(C)(C)C(N)C(SCC(N)=O)c1ccccc1. The molecule has 1 aromatic rings. The molecule has 0 saturated heterocycles. The second-order valence-corrected chi connectivity index (χ2v) is 6.63. The molecule has 4 N–H and O–H groups in total. The molecule has 0 aromatic heterocycles. The number of rotatable bonds is 5. The minimum Gasteiger partial charge on any atom is -0.369 e. The number of hydrogen-bond acceptors (Lipinski definition) is 3. The van der Waals surface area contributed by atoms with Gasteiger partial charge >= 0.3 is 0 Å². The summed E-state index contributed by atoms with van der Waals surface area (Å²) < 4.78 is 0. The standard InChI is InChI=1S/C14H22N2OS/c1-14(2,3)13(16)12(18-9-11(15)17)10-7-5-4-6-8-10/h4-8,12-13H,9,16H2,1-3H3,(H2,15,17). The molecule has 0 spiro atoms. The molecule has 0 aliphatic carbocycles. The summed E-state index contributed by atoms with van der Waals surface area (Å²) in [6.07, 6.45) is 0. The zero-order valence-corrected chi connectivity index (χ0v) is 12.0. The van der Waals surface area contributed by atoms with Crippen LogP contribution < -0.4 is 11.5 Å². The van der Waals surface area contributed by atoms with Gasteiger partial charge in [-0.2, -0.15) is 0 Å². The van der Waals surface area contributed by atoms with Crippen LogP contribution in [0.3, 0.4) is 0 Å². The van der Waals surface area contributed by atoms with E-state index in [2.05, 4.69) is 20.8 Å². The van der Waals surface area contributed by atoms with Crippen molar-refractivity contribution in [3.63, 3.8) is 0 Å². The van der Waals surface area contributed by atoms with E-state index in [9.17, 15) is 4.79 Å². The number of hydrogen-bond donors (Lipinski definition) is 2. The second kappa shape index (κ2) is 6.25. The lowest BCUT2D eigenvalue weighted by Crippen LogP contribution is -2.39. The first-order chi connectivity index (χ1) is 8.32. The number of carbonyl (C=O) groups is 1. The van der Waals surface area contributed by atoms with E-state index >= 15 is 0 Å². The Bertz CT molecular complexity index is 387. The van der Waals surface area contributed by atoms with E-state index in [-0.39, 0.29) is 22.6 Å². The van der Waals surface area contributed by atoms with Gasteiger partial charge in [-0.3, -0.25) is 4.79 Å². The molecule has 0 bridgehead atoms. The summed E-state index contributed by atoms with van der Waals surface area (Å²) in [7, 11) is 0. The number of thioether (sulfide) groups is 1. The average Bonchev–Trinajstić information content (AvgIpc) is 2.29. The van der Waals surface area contributed by atoms with Gasteiger partial charge < -0.3 is 11.5 Å². The first-order valence-corrected chi connectivity index (χ1v) is 7.07. The molecule has 0 saturated carbocycles. The monoisotopic (exact) mass is 266 g/mol. The lowest BCUT2D eigenvalue weighted by Gasteiger charge is -2.34. The summed E-state index contributed by atoms with van der Waals surface area (Å²) in [5, 5.41) is 0.0821. The molecule has 3 nitrogen and oxygen atoms in total. The number of benzene rings is 1. The van der Waals surface area contributed by atoms with Gasteiger partial charge in [-0.15, -0.1) is 11.8 Å². The number of nitrogens with two attached hydrogens (primary N) is 2. The fourth-order valence-corrected chi connectivity index (χ4v) is 2.98.